The maximum atomic E-state index is 12.3. The first-order chi connectivity index (χ1) is 14.6. The van der Waals surface area contributed by atoms with E-state index in [2.05, 4.69) is 22.5 Å². The Labute approximate surface area is 175 Å². The van der Waals surface area contributed by atoms with E-state index >= 15 is 0 Å². The molecule has 0 bridgehead atoms. The normalized spacial score (nSPS) is 10.0. The van der Waals surface area contributed by atoms with Crippen molar-refractivity contribution in [1.82, 2.24) is 0 Å². The van der Waals surface area contributed by atoms with Crippen molar-refractivity contribution in [3.05, 3.63) is 97.1 Å². The third kappa shape index (κ3) is 6.24. The summed E-state index contributed by atoms with van der Waals surface area (Å²) in [6, 6.07) is 23.3. The Hall–Kier alpha value is -4.06. The van der Waals surface area contributed by atoms with Crippen molar-refractivity contribution in [1.29, 1.82) is 0 Å². The predicted octanol–water partition coefficient (Wildman–Crippen LogP) is 4.55. The van der Waals surface area contributed by atoms with Gasteiger partial charge in [0.2, 0.25) is 5.91 Å². The highest BCUT2D eigenvalue weighted by molar-refractivity contribution is 6.04. The second-order valence-electron chi connectivity index (χ2n) is 6.43. The summed E-state index contributed by atoms with van der Waals surface area (Å²) in [5, 5.41) is 8.71. The number of benzene rings is 3. The third-order valence-electron chi connectivity index (χ3n) is 4.10. The summed E-state index contributed by atoms with van der Waals surface area (Å²) in [4.78, 5) is 24.6. The van der Waals surface area contributed by atoms with Gasteiger partial charge >= 0.3 is 0 Å². The highest BCUT2D eigenvalue weighted by atomic mass is 16.5. The Morgan fingerprint density at radius 3 is 2.30 bits per heavy atom. The zero-order chi connectivity index (χ0) is 21.2. The van der Waals surface area contributed by atoms with Gasteiger partial charge in [0, 0.05) is 28.7 Å². The number of hydrogen-bond donors (Lipinski definition) is 3. The molecule has 3 aromatic rings. The van der Waals surface area contributed by atoms with Crippen molar-refractivity contribution in [3.8, 4) is 5.75 Å². The maximum absolute atomic E-state index is 12.3. The molecule has 3 N–H and O–H groups in total. The fraction of sp³-hybridized carbons (Fsp3) is 0.0833. The van der Waals surface area contributed by atoms with Gasteiger partial charge in [-0.15, -0.1) is 0 Å². The van der Waals surface area contributed by atoms with Crippen molar-refractivity contribution in [3.63, 3.8) is 0 Å². The number of anilines is 3. The first-order valence-corrected chi connectivity index (χ1v) is 9.48. The SMILES string of the molecule is C=CCOc1cccc(NCC(=O)Nc2cccc(NC(=O)c3ccccc3)c2)c1. The summed E-state index contributed by atoms with van der Waals surface area (Å²) < 4.78 is 5.48. The second-order valence-corrected chi connectivity index (χ2v) is 6.43. The molecule has 3 rings (SSSR count). The van der Waals surface area contributed by atoms with E-state index in [1.165, 1.54) is 0 Å². The fourth-order valence-electron chi connectivity index (χ4n) is 2.71. The average Bonchev–Trinajstić information content (AvgIpc) is 2.77. The Balaban J connectivity index is 1.54. The lowest BCUT2D eigenvalue weighted by Crippen LogP contribution is -2.21. The molecule has 0 atom stereocenters. The highest BCUT2D eigenvalue weighted by Crippen LogP contribution is 2.18. The van der Waals surface area contributed by atoms with E-state index < -0.39 is 0 Å². The zero-order valence-electron chi connectivity index (χ0n) is 16.4. The van der Waals surface area contributed by atoms with Crippen LogP contribution in [0, 0.1) is 0 Å². The van der Waals surface area contributed by atoms with Gasteiger partial charge in [0.25, 0.3) is 5.91 Å². The Bertz CT molecular complexity index is 1020. The van der Waals surface area contributed by atoms with Crippen LogP contribution < -0.4 is 20.7 Å². The van der Waals surface area contributed by atoms with Gasteiger partial charge in [-0.3, -0.25) is 9.59 Å². The number of ether oxygens (including phenoxy) is 1. The standard InChI is InChI=1S/C24H23N3O3/c1-2-14-30-22-13-7-10-19(16-22)25-17-23(28)26-20-11-6-12-21(15-20)27-24(29)18-8-4-3-5-9-18/h2-13,15-16,25H,1,14,17H2,(H,26,28)(H,27,29). The van der Waals surface area contributed by atoms with Gasteiger partial charge in [-0.25, -0.2) is 0 Å². The van der Waals surface area contributed by atoms with Gasteiger partial charge in [-0.1, -0.05) is 43.0 Å². The Kier molecular flexibility index (Phi) is 7.22. The van der Waals surface area contributed by atoms with Crippen molar-refractivity contribution in [2.45, 2.75) is 0 Å². The minimum Gasteiger partial charge on any atom is -0.489 e. The molecule has 0 saturated heterocycles. The second kappa shape index (κ2) is 10.5. The zero-order valence-corrected chi connectivity index (χ0v) is 16.4. The number of carbonyl (C=O) groups excluding carboxylic acids is 2. The lowest BCUT2D eigenvalue weighted by atomic mass is 10.2. The van der Waals surface area contributed by atoms with E-state index in [1.807, 2.05) is 30.3 Å². The lowest BCUT2D eigenvalue weighted by Gasteiger charge is -2.11. The molecule has 0 aliphatic rings. The van der Waals surface area contributed by atoms with Gasteiger partial charge in [-0.2, -0.15) is 0 Å². The quantitative estimate of drug-likeness (QED) is 0.460. The van der Waals surface area contributed by atoms with E-state index in [0.717, 1.165) is 5.69 Å². The van der Waals surface area contributed by atoms with Gasteiger partial charge in [-0.05, 0) is 42.5 Å². The monoisotopic (exact) mass is 401 g/mol. The molecule has 3 aromatic carbocycles. The minimum atomic E-state index is -0.209. The maximum Gasteiger partial charge on any atom is 0.255 e. The van der Waals surface area contributed by atoms with E-state index in [1.54, 1.807) is 54.6 Å². The first-order valence-electron chi connectivity index (χ1n) is 9.48. The molecule has 30 heavy (non-hydrogen) atoms. The molecule has 0 spiro atoms. The van der Waals surface area contributed by atoms with Gasteiger partial charge in [0.05, 0.1) is 6.54 Å². The molecular weight excluding hydrogens is 378 g/mol. The molecule has 0 aromatic heterocycles. The lowest BCUT2D eigenvalue weighted by molar-refractivity contribution is -0.114. The molecule has 6 nitrogen and oxygen atoms in total. The van der Waals surface area contributed by atoms with Crippen LogP contribution in [0.3, 0.4) is 0 Å². The number of carbonyl (C=O) groups is 2. The van der Waals surface area contributed by atoms with Crippen molar-refractivity contribution in [2.24, 2.45) is 0 Å². The first kappa shape index (κ1) is 20.7. The van der Waals surface area contributed by atoms with Crippen LogP contribution in [0.2, 0.25) is 0 Å². The molecular formula is C24H23N3O3. The summed E-state index contributed by atoms with van der Waals surface area (Å²) in [5.74, 6) is 0.278. The Morgan fingerprint density at radius 2 is 1.53 bits per heavy atom. The number of hydrogen-bond acceptors (Lipinski definition) is 4. The van der Waals surface area contributed by atoms with Gasteiger partial charge in [0.1, 0.15) is 12.4 Å². The summed E-state index contributed by atoms with van der Waals surface area (Å²) >= 11 is 0. The fourth-order valence-corrected chi connectivity index (χ4v) is 2.71. The molecule has 0 radical (unpaired) electrons. The van der Waals surface area contributed by atoms with Crippen LogP contribution >= 0.6 is 0 Å². The topological polar surface area (TPSA) is 79.5 Å². The summed E-state index contributed by atoms with van der Waals surface area (Å²) in [7, 11) is 0. The van der Waals surface area contributed by atoms with Crippen LogP contribution in [0.4, 0.5) is 17.1 Å². The summed E-state index contributed by atoms with van der Waals surface area (Å²) in [6.07, 6.45) is 1.67. The van der Waals surface area contributed by atoms with E-state index in [4.69, 9.17) is 4.74 Å². The van der Waals surface area contributed by atoms with Crippen molar-refractivity contribution >= 4 is 28.9 Å². The third-order valence-corrected chi connectivity index (χ3v) is 4.10. The summed E-state index contributed by atoms with van der Waals surface area (Å²) in [5.41, 5.74) is 2.53. The van der Waals surface area contributed by atoms with Crippen LogP contribution in [0.1, 0.15) is 10.4 Å². The van der Waals surface area contributed by atoms with Crippen molar-refractivity contribution in [2.75, 3.05) is 29.1 Å². The van der Waals surface area contributed by atoms with Gasteiger partial charge < -0.3 is 20.7 Å². The molecule has 0 aliphatic carbocycles. The number of rotatable bonds is 9. The molecule has 0 saturated carbocycles. The minimum absolute atomic E-state index is 0.0888. The van der Waals surface area contributed by atoms with Crippen LogP contribution in [0.25, 0.3) is 0 Å². The smallest absolute Gasteiger partial charge is 0.255 e. The van der Waals surface area contributed by atoms with Crippen molar-refractivity contribution < 1.29 is 14.3 Å². The number of nitrogens with one attached hydrogen (secondary N) is 3. The summed E-state index contributed by atoms with van der Waals surface area (Å²) in [6.45, 7) is 4.12. The molecule has 0 heterocycles. The molecule has 0 aliphatic heterocycles. The number of amides is 2. The Morgan fingerprint density at radius 1 is 0.833 bits per heavy atom. The highest BCUT2D eigenvalue weighted by Gasteiger charge is 2.07. The predicted molar refractivity (Wildman–Crippen MR) is 120 cm³/mol. The molecule has 152 valence electrons. The van der Waals surface area contributed by atoms with Crippen LogP contribution in [-0.4, -0.2) is 25.0 Å². The largest absolute Gasteiger partial charge is 0.489 e. The molecule has 2 amide bonds. The molecule has 0 unspecified atom stereocenters. The van der Waals surface area contributed by atoms with Crippen LogP contribution in [-0.2, 0) is 4.79 Å². The van der Waals surface area contributed by atoms with E-state index in [0.29, 0.717) is 29.3 Å². The molecule has 6 heteroatoms. The van der Waals surface area contributed by atoms with E-state index in [-0.39, 0.29) is 18.4 Å². The van der Waals surface area contributed by atoms with Crippen LogP contribution in [0.15, 0.2) is 91.5 Å². The van der Waals surface area contributed by atoms with E-state index in [9.17, 15) is 9.59 Å². The van der Waals surface area contributed by atoms with Crippen LogP contribution in [0.5, 0.6) is 5.75 Å². The van der Waals surface area contributed by atoms with Gasteiger partial charge in [0.15, 0.2) is 0 Å². The average molecular weight is 401 g/mol. The molecule has 0 fully saturated rings.